The molecule has 0 saturated carbocycles. The van der Waals surface area contributed by atoms with E-state index in [9.17, 15) is 9.18 Å². The number of hydrogen-bond donors (Lipinski definition) is 1. The number of hydrogen-bond acceptors (Lipinski definition) is 8. The molecule has 0 spiro atoms. The molecule has 1 unspecified atom stereocenters. The van der Waals surface area contributed by atoms with Crippen LogP contribution in [0.4, 0.5) is 10.3 Å². The van der Waals surface area contributed by atoms with E-state index in [1.165, 1.54) is 6.07 Å². The zero-order valence-electron chi connectivity index (χ0n) is 23.1. The number of thioether (sulfide) groups is 1. The number of carbonyl (C=O) groups is 1. The molecule has 0 bridgehead atoms. The summed E-state index contributed by atoms with van der Waals surface area (Å²) in [6.45, 7) is 8.59. The lowest BCUT2D eigenvalue weighted by Crippen LogP contribution is -2.30. The highest BCUT2D eigenvalue weighted by atomic mass is 79.9. The van der Waals surface area contributed by atoms with Gasteiger partial charge in [0.2, 0.25) is 11.1 Å². The number of esters is 1. The summed E-state index contributed by atoms with van der Waals surface area (Å²) in [5, 5.41) is 8.62. The molecule has 1 aliphatic heterocycles. The Balaban J connectivity index is 1.76. The minimum atomic E-state index is -0.620. The fraction of sp³-hybridized carbons (Fsp3) is 0.414. The predicted octanol–water partition coefficient (Wildman–Crippen LogP) is 7.29. The largest absolute Gasteiger partial charge is 0.490 e. The number of rotatable bonds is 13. The molecule has 0 radical (unpaired) electrons. The van der Waals surface area contributed by atoms with Crippen LogP contribution in [0.3, 0.4) is 0 Å². The van der Waals surface area contributed by atoms with Crippen molar-refractivity contribution in [3.05, 3.63) is 69.1 Å². The second-order valence-corrected chi connectivity index (χ2v) is 11.1. The Kier molecular flexibility index (Phi) is 10.5. The fourth-order valence-corrected chi connectivity index (χ4v) is 5.52. The minimum absolute atomic E-state index is 0.0251. The predicted molar refractivity (Wildman–Crippen MR) is 157 cm³/mol. The first-order valence-electron chi connectivity index (χ1n) is 13.4. The van der Waals surface area contributed by atoms with E-state index in [2.05, 4.69) is 33.2 Å². The number of nitrogens with zero attached hydrogens (tertiary/aromatic N) is 3. The van der Waals surface area contributed by atoms with Crippen molar-refractivity contribution in [2.75, 3.05) is 24.3 Å². The SMILES string of the molecule is CCCCOC(=O)C1=C(C)Nc2nc(SCCC)nn2C1c1cc(Br)c(OCc2ccccc2F)c(OCC)c1. The van der Waals surface area contributed by atoms with Crippen LogP contribution in [0.15, 0.2) is 57.3 Å². The van der Waals surface area contributed by atoms with Crippen LogP contribution in [0.25, 0.3) is 0 Å². The van der Waals surface area contributed by atoms with Gasteiger partial charge in [0.25, 0.3) is 0 Å². The van der Waals surface area contributed by atoms with Crippen LogP contribution in [0, 0.1) is 5.82 Å². The monoisotopic (exact) mass is 632 g/mol. The number of allylic oxidation sites excluding steroid dienone is 1. The van der Waals surface area contributed by atoms with E-state index in [1.54, 1.807) is 34.6 Å². The van der Waals surface area contributed by atoms with E-state index in [1.807, 2.05) is 32.9 Å². The number of unbranched alkanes of at least 4 members (excludes halogenated alkanes) is 1. The van der Waals surface area contributed by atoms with Gasteiger partial charge in [-0.05, 0) is 66.4 Å². The minimum Gasteiger partial charge on any atom is -0.490 e. The van der Waals surface area contributed by atoms with E-state index in [-0.39, 0.29) is 12.4 Å². The van der Waals surface area contributed by atoms with Gasteiger partial charge in [-0.15, -0.1) is 5.10 Å². The topological polar surface area (TPSA) is 87.5 Å². The van der Waals surface area contributed by atoms with Gasteiger partial charge in [-0.2, -0.15) is 4.98 Å². The average Bonchev–Trinajstić information content (AvgIpc) is 3.33. The maximum atomic E-state index is 14.2. The van der Waals surface area contributed by atoms with Crippen molar-refractivity contribution in [3.63, 3.8) is 0 Å². The van der Waals surface area contributed by atoms with E-state index in [0.29, 0.717) is 57.1 Å². The van der Waals surface area contributed by atoms with Crippen LogP contribution < -0.4 is 14.8 Å². The molecule has 1 N–H and O–H groups in total. The summed E-state index contributed by atoms with van der Waals surface area (Å²) in [5.41, 5.74) is 2.25. The molecule has 0 aliphatic carbocycles. The number of ether oxygens (including phenoxy) is 3. The molecule has 40 heavy (non-hydrogen) atoms. The van der Waals surface area contributed by atoms with Gasteiger partial charge in [0.1, 0.15) is 18.5 Å². The van der Waals surface area contributed by atoms with Crippen molar-refractivity contribution in [1.29, 1.82) is 0 Å². The van der Waals surface area contributed by atoms with E-state index in [0.717, 1.165) is 30.6 Å². The van der Waals surface area contributed by atoms with Crippen molar-refractivity contribution < 1.29 is 23.4 Å². The normalized spacial score (nSPS) is 14.5. The zero-order valence-corrected chi connectivity index (χ0v) is 25.5. The lowest BCUT2D eigenvalue weighted by Gasteiger charge is -2.29. The molecule has 1 aromatic heterocycles. The molecular formula is C29H34BrFN4O4S. The summed E-state index contributed by atoms with van der Waals surface area (Å²) < 4.78 is 34.2. The first-order chi connectivity index (χ1) is 19.4. The second-order valence-electron chi connectivity index (χ2n) is 9.21. The van der Waals surface area contributed by atoms with Crippen molar-refractivity contribution >= 4 is 39.6 Å². The quantitative estimate of drug-likeness (QED) is 0.119. The lowest BCUT2D eigenvalue weighted by molar-refractivity contribution is -0.139. The average molecular weight is 634 g/mol. The van der Waals surface area contributed by atoms with Gasteiger partial charge in [0.05, 0.1) is 23.3 Å². The Bertz CT molecular complexity index is 1380. The highest BCUT2D eigenvalue weighted by molar-refractivity contribution is 9.10. The molecule has 0 fully saturated rings. The number of anilines is 1. The van der Waals surface area contributed by atoms with E-state index in [4.69, 9.17) is 19.3 Å². The summed E-state index contributed by atoms with van der Waals surface area (Å²) in [6.07, 6.45) is 2.67. The summed E-state index contributed by atoms with van der Waals surface area (Å²) in [4.78, 5) is 18.1. The lowest BCUT2D eigenvalue weighted by atomic mass is 9.95. The van der Waals surface area contributed by atoms with Gasteiger partial charge in [0, 0.05) is 17.0 Å². The zero-order chi connectivity index (χ0) is 28.6. The third kappa shape index (κ3) is 6.80. The molecular weight excluding hydrogens is 599 g/mol. The maximum absolute atomic E-state index is 14.2. The van der Waals surface area contributed by atoms with Crippen LogP contribution in [-0.2, 0) is 16.1 Å². The molecule has 2 heterocycles. The summed E-state index contributed by atoms with van der Waals surface area (Å²) in [6, 6.07) is 9.56. The summed E-state index contributed by atoms with van der Waals surface area (Å²) >= 11 is 5.19. The number of fused-ring (bicyclic) bond motifs is 1. The first kappa shape index (κ1) is 29.9. The standard InChI is InChI=1S/C29H34BrFN4O4S/c1-5-8-13-38-27(36)24-18(4)32-28-33-29(40-14-6-2)34-35(28)25(24)20-15-21(30)26(23(16-20)37-7-3)39-17-19-11-9-10-12-22(19)31/h9-12,15-16,25H,5-8,13-14,17H2,1-4H3,(H,32,33,34). The van der Waals surface area contributed by atoms with Gasteiger partial charge in [-0.3, -0.25) is 0 Å². The van der Waals surface area contributed by atoms with Crippen molar-refractivity contribution in [2.45, 2.75) is 64.8 Å². The molecule has 0 amide bonds. The van der Waals surface area contributed by atoms with Crippen LogP contribution in [0.1, 0.15) is 64.1 Å². The van der Waals surface area contributed by atoms with Crippen LogP contribution >= 0.6 is 27.7 Å². The molecule has 2 aromatic carbocycles. The highest BCUT2D eigenvalue weighted by Crippen LogP contribution is 2.43. The molecule has 214 valence electrons. The van der Waals surface area contributed by atoms with Gasteiger partial charge in [-0.25, -0.2) is 13.9 Å². The highest BCUT2D eigenvalue weighted by Gasteiger charge is 2.36. The Morgan fingerprint density at radius 2 is 1.98 bits per heavy atom. The molecule has 4 rings (SSSR count). The third-order valence-corrected chi connectivity index (χ3v) is 7.83. The number of carbonyl (C=O) groups excluding carboxylic acids is 1. The van der Waals surface area contributed by atoms with Gasteiger partial charge >= 0.3 is 5.97 Å². The molecule has 0 saturated heterocycles. The van der Waals surface area contributed by atoms with Gasteiger partial charge < -0.3 is 19.5 Å². The third-order valence-electron chi connectivity index (χ3n) is 6.20. The van der Waals surface area contributed by atoms with Crippen molar-refractivity contribution in [2.24, 2.45) is 0 Å². The Hall–Kier alpha value is -3.05. The number of nitrogens with one attached hydrogen (secondary N) is 1. The number of aromatic nitrogens is 3. The van der Waals surface area contributed by atoms with Crippen LogP contribution in [-0.4, -0.2) is 39.7 Å². The van der Waals surface area contributed by atoms with Crippen LogP contribution in [0.5, 0.6) is 11.5 Å². The fourth-order valence-electron chi connectivity index (χ4n) is 4.26. The van der Waals surface area contributed by atoms with Crippen LogP contribution in [0.2, 0.25) is 0 Å². The molecule has 3 aromatic rings. The number of halogens is 2. The van der Waals surface area contributed by atoms with Gasteiger partial charge in [-0.1, -0.05) is 50.2 Å². The molecule has 8 nitrogen and oxygen atoms in total. The van der Waals surface area contributed by atoms with Crippen molar-refractivity contribution in [3.8, 4) is 11.5 Å². The Labute approximate surface area is 246 Å². The van der Waals surface area contributed by atoms with E-state index >= 15 is 0 Å². The molecule has 1 aliphatic rings. The van der Waals surface area contributed by atoms with E-state index < -0.39 is 12.0 Å². The Morgan fingerprint density at radius 1 is 1.18 bits per heavy atom. The summed E-state index contributed by atoms with van der Waals surface area (Å²) in [7, 11) is 0. The smallest absolute Gasteiger partial charge is 0.338 e. The molecule has 1 atom stereocenters. The Morgan fingerprint density at radius 3 is 2.70 bits per heavy atom. The molecule has 11 heteroatoms. The number of benzene rings is 2. The second kappa shape index (κ2) is 14.0. The first-order valence-corrected chi connectivity index (χ1v) is 15.2. The summed E-state index contributed by atoms with van der Waals surface area (Å²) in [5.74, 6) is 1.56. The van der Waals surface area contributed by atoms with Gasteiger partial charge in [0.15, 0.2) is 11.5 Å². The maximum Gasteiger partial charge on any atom is 0.338 e. The van der Waals surface area contributed by atoms with Crippen molar-refractivity contribution in [1.82, 2.24) is 14.8 Å².